The van der Waals surface area contributed by atoms with Crippen LogP contribution in [0.25, 0.3) is 0 Å². The van der Waals surface area contributed by atoms with Crippen LogP contribution in [0.2, 0.25) is 0 Å². The number of thiazole rings is 1. The van der Waals surface area contributed by atoms with E-state index in [1.54, 1.807) is 18.4 Å². The zero-order chi connectivity index (χ0) is 11.1. The van der Waals surface area contributed by atoms with Gasteiger partial charge in [0.25, 0.3) is 0 Å². The minimum atomic E-state index is 0.215. The van der Waals surface area contributed by atoms with Crippen molar-refractivity contribution in [3.63, 3.8) is 0 Å². The lowest BCUT2D eigenvalue weighted by Gasteiger charge is -2.15. The van der Waals surface area contributed by atoms with E-state index < -0.39 is 0 Å². The van der Waals surface area contributed by atoms with Crippen LogP contribution < -0.4 is 5.73 Å². The van der Waals surface area contributed by atoms with Crippen LogP contribution in [0.5, 0.6) is 0 Å². The number of nitrogens with zero attached hydrogens (tertiary/aromatic N) is 1. The lowest BCUT2D eigenvalue weighted by molar-refractivity contribution is 0.0842. The van der Waals surface area contributed by atoms with Crippen LogP contribution >= 0.6 is 11.3 Å². The highest BCUT2D eigenvalue weighted by Crippen LogP contribution is 2.45. The zero-order valence-corrected chi connectivity index (χ0v) is 10.4. The van der Waals surface area contributed by atoms with Gasteiger partial charge in [0.15, 0.2) is 0 Å². The third-order valence-corrected chi connectivity index (χ3v) is 4.85. The smallest absolute Gasteiger partial charge is 0.122 e. The molecule has 2 unspecified atom stereocenters. The normalized spacial score (nSPS) is 26.5. The molecule has 2 aliphatic carbocycles. The van der Waals surface area contributed by atoms with E-state index in [1.807, 2.05) is 0 Å². The van der Waals surface area contributed by atoms with Crippen LogP contribution in [0.4, 0.5) is 0 Å². The van der Waals surface area contributed by atoms with E-state index >= 15 is 0 Å². The van der Waals surface area contributed by atoms with Gasteiger partial charge in [-0.15, -0.1) is 11.3 Å². The molecule has 0 spiro atoms. The van der Waals surface area contributed by atoms with Crippen LogP contribution in [-0.2, 0) is 11.2 Å². The zero-order valence-electron chi connectivity index (χ0n) is 9.61. The summed E-state index contributed by atoms with van der Waals surface area (Å²) in [5.74, 6) is 0.703. The minimum Gasteiger partial charge on any atom is -0.374 e. The third-order valence-electron chi connectivity index (χ3n) is 3.56. The molecule has 2 aliphatic rings. The van der Waals surface area contributed by atoms with Crippen molar-refractivity contribution in [2.24, 2.45) is 11.7 Å². The van der Waals surface area contributed by atoms with Gasteiger partial charge in [-0.2, -0.15) is 0 Å². The van der Waals surface area contributed by atoms with Crippen LogP contribution in [0.3, 0.4) is 0 Å². The molecule has 4 heteroatoms. The SMILES string of the molecule is COC(c1nc2c(s1)C(N)CCC2)C1CC1. The maximum absolute atomic E-state index is 6.12. The van der Waals surface area contributed by atoms with Crippen molar-refractivity contribution in [2.45, 2.75) is 44.2 Å². The fraction of sp³-hybridized carbons (Fsp3) is 0.750. The Bertz CT molecular complexity index is 386. The van der Waals surface area contributed by atoms with Gasteiger partial charge >= 0.3 is 0 Å². The number of fused-ring (bicyclic) bond motifs is 1. The number of ether oxygens (including phenoxy) is 1. The molecule has 0 amide bonds. The molecule has 1 aromatic rings. The van der Waals surface area contributed by atoms with Crippen molar-refractivity contribution in [1.29, 1.82) is 0 Å². The van der Waals surface area contributed by atoms with Gasteiger partial charge in [-0.25, -0.2) is 4.98 Å². The molecule has 1 fully saturated rings. The van der Waals surface area contributed by atoms with Gasteiger partial charge in [0.1, 0.15) is 11.1 Å². The van der Waals surface area contributed by atoms with Crippen LogP contribution in [0, 0.1) is 5.92 Å². The van der Waals surface area contributed by atoms with E-state index in [0.29, 0.717) is 5.92 Å². The molecule has 2 N–H and O–H groups in total. The number of hydrogen-bond acceptors (Lipinski definition) is 4. The quantitative estimate of drug-likeness (QED) is 0.880. The summed E-state index contributed by atoms with van der Waals surface area (Å²) in [5, 5.41) is 1.16. The summed E-state index contributed by atoms with van der Waals surface area (Å²) in [6.07, 6.45) is 6.18. The number of hydrogen-bond donors (Lipinski definition) is 1. The maximum Gasteiger partial charge on any atom is 0.122 e. The molecule has 1 heterocycles. The molecule has 16 heavy (non-hydrogen) atoms. The van der Waals surface area contributed by atoms with Crippen molar-refractivity contribution in [3.8, 4) is 0 Å². The van der Waals surface area contributed by atoms with Crippen LogP contribution in [0.15, 0.2) is 0 Å². The van der Waals surface area contributed by atoms with Gasteiger partial charge in [-0.05, 0) is 38.0 Å². The fourth-order valence-electron chi connectivity index (χ4n) is 2.49. The number of methoxy groups -OCH3 is 1. The lowest BCUT2D eigenvalue weighted by atomic mass is 9.99. The molecule has 88 valence electrons. The first-order valence-corrected chi connectivity index (χ1v) is 6.89. The molecular formula is C12H18N2OS. The second kappa shape index (κ2) is 4.09. The first-order valence-electron chi connectivity index (χ1n) is 6.07. The van der Waals surface area contributed by atoms with Crippen molar-refractivity contribution in [1.82, 2.24) is 4.98 Å². The molecule has 0 saturated heterocycles. The Morgan fingerprint density at radius 1 is 1.44 bits per heavy atom. The molecular weight excluding hydrogens is 220 g/mol. The van der Waals surface area contributed by atoms with E-state index in [4.69, 9.17) is 15.5 Å². The van der Waals surface area contributed by atoms with Gasteiger partial charge in [0.05, 0.1) is 5.69 Å². The number of aromatic nitrogens is 1. The summed E-state index contributed by atoms with van der Waals surface area (Å²) in [6.45, 7) is 0. The van der Waals surface area contributed by atoms with E-state index in [0.717, 1.165) is 17.8 Å². The van der Waals surface area contributed by atoms with Crippen molar-refractivity contribution in [3.05, 3.63) is 15.6 Å². The van der Waals surface area contributed by atoms with Crippen LogP contribution in [0.1, 0.15) is 53.4 Å². The summed E-state index contributed by atoms with van der Waals surface area (Å²) in [5.41, 5.74) is 7.36. The second-order valence-electron chi connectivity index (χ2n) is 4.86. The molecule has 3 nitrogen and oxygen atoms in total. The fourth-order valence-corrected chi connectivity index (χ4v) is 3.81. The first kappa shape index (κ1) is 10.7. The predicted molar refractivity (Wildman–Crippen MR) is 64.5 cm³/mol. The number of nitrogens with two attached hydrogens (primary N) is 1. The van der Waals surface area contributed by atoms with E-state index in [1.165, 1.54) is 29.8 Å². The standard InChI is InChI=1S/C12H18N2OS/c1-15-10(7-5-6-7)12-14-9-4-2-3-8(13)11(9)16-12/h7-8,10H,2-6,13H2,1H3. The Kier molecular flexibility index (Phi) is 2.73. The maximum atomic E-state index is 6.12. The van der Waals surface area contributed by atoms with Gasteiger partial charge < -0.3 is 10.5 Å². The van der Waals surface area contributed by atoms with Gasteiger partial charge in [-0.1, -0.05) is 0 Å². The number of rotatable bonds is 3. The lowest BCUT2D eigenvalue weighted by Crippen LogP contribution is -2.15. The van der Waals surface area contributed by atoms with Crippen molar-refractivity contribution in [2.75, 3.05) is 7.11 Å². The molecule has 2 atom stereocenters. The molecule has 0 aromatic carbocycles. The van der Waals surface area contributed by atoms with Gasteiger partial charge in [0, 0.05) is 18.0 Å². The van der Waals surface area contributed by atoms with E-state index in [9.17, 15) is 0 Å². The van der Waals surface area contributed by atoms with Crippen LogP contribution in [-0.4, -0.2) is 12.1 Å². The Morgan fingerprint density at radius 2 is 2.25 bits per heavy atom. The second-order valence-corrected chi connectivity index (χ2v) is 5.92. The predicted octanol–water partition coefficient (Wildman–Crippen LogP) is 2.58. The molecule has 0 aliphatic heterocycles. The highest BCUT2D eigenvalue weighted by molar-refractivity contribution is 7.11. The topological polar surface area (TPSA) is 48.1 Å². The van der Waals surface area contributed by atoms with E-state index in [2.05, 4.69) is 0 Å². The largest absolute Gasteiger partial charge is 0.374 e. The number of aryl methyl sites for hydroxylation is 1. The van der Waals surface area contributed by atoms with E-state index in [-0.39, 0.29) is 12.1 Å². The van der Waals surface area contributed by atoms with Gasteiger partial charge in [-0.3, -0.25) is 0 Å². The van der Waals surface area contributed by atoms with Crippen molar-refractivity contribution >= 4 is 11.3 Å². The summed E-state index contributed by atoms with van der Waals surface area (Å²) in [4.78, 5) is 6.06. The Hall–Kier alpha value is -0.450. The molecule has 1 saturated carbocycles. The third kappa shape index (κ3) is 1.79. The summed E-state index contributed by atoms with van der Waals surface area (Å²) >= 11 is 1.78. The molecule has 0 radical (unpaired) electrons. The van der Waals surface area contributed by atoms with Crippen molar-refractivity contribution < 1.29 is 4.74 Å². The Morgan fingerprint density at radius 3 is 2.88 bits per heavy atom. The minimum absolute atomic E-state index is 0.215. The molecule has 3 rings (SSSR count). The highest BCUT2D eigenvalue weighted by Gasteiger charge is 2.35. The average Bonchev–Trinajstić information content (AvgIpc) is 2.99. The molecule has 0 bridgehead atoms. The Balaban J connectivity index is 1.90. The first-order chi connectivity index (χ1) is 7.79. The average molecular weight is 238 g/mol. The summed E-state index contributed by atoms with van der Waals surface area (Å²) in [6, 6.07) is 0.215. The van der Waals surface area contributed by atoms with Gasteiger partial charge in [0.2, 0.25) is 0 Å². The summed E-state index contributed by atoms with van der Waals surface area (Å²) < 4.78 is 5.58. The molecule has 1 aromatic heterocycles. The Labute approximate surface area is 100 Å². The monoisotopic (exact) mass is 238 g/mol. The summed E-state index contributed by atoms with van der Waals surface area (Å²) in [7, 11) is 1.79. The highest BCUT2D eigenvalue weighted by atomic mass is 32.1.